The van der Waals surface area contributed by atoms with Gasteiger partial charge in [-0.15, -0.1) is 0 Å². The number of benzene rings is 1. The number of nitro groups is 1. The summed E-state index contributed by atoms with van der Waals surface area (Å²) in [7, 11) is 2.10. The Balaban J connectivity index is 2.91. The van der Waals surface area contributed by atoms with E-state index < -0.39 is 0 Å². The largest absolute Gasteiger partial charge is 0.380 e. The molecule has 0 aliphatic carbocycles. The molecule has 1 rings (SSSR count). The van der Waals surface area contributed by atoms with Crippen LogP contribution in [0, 0.1) is 10.1 Å². The Kier molecular flexibility index (Phi) is 6.45. The molecule has 0 atom stereocenters. The quantitative estimate of drug-likeness (QED) is 0.583. The van der Waals surface area contributed by atoms with Crippen LogP contribution in [0.1, 0.15) is 39.2 Å². The van der Waals surface area contributed by atoms with Crippen LogP contribution in [0.15, 0.2) is 18.2 Å². The summed E-state index contributed by atoms with van der Waals surface area (Å²) in [6.07, 6.45) is 2.22. The third kappa shape index (κ3) is 4.20. The molecule has 0 radical (unpaired) electrons. The Morgan fingerprint density at radius 3 is 2.45 bits per heavy atom. The Hall–Kier alpha value is -1.62. The molecule has 0 heterocycles. The highest BCUT2D eigenvalue weighted by Crippen LogP contribution is 2.26. The summed E-state index contributed by atoms with van der Waals surface area (Å²) in [5, 5.41) is 14.1. The first-order chi connectivity index (χ1) is 9.53. The van der Waals surface area contributed by atoms with Crippen molar-refractivity contribution in [2.75, 3.05) is 18.9 Å². The van der Waals surface area contributed by atoms with E-state index in [1.54, 1.807) is 6.07 Å². The molecule has 0 aliphatic rings. The Bertz CT molecular complexity index is 445. The molecule has 0 aliphatic heterocycles. The zero-order valence-electron chi connectivity index (χ0n) is 12.8. The zero-order valence-corrected chi connectivity index (χ0v) is 12.8. The van der Waals surface area contributed by atoms with E-state index in [0.29, 0.717) is 18.3 Å². The summed E-state index contributed by atoms with van der Waals surface area (Å²) in [5.41, 5.74) is 1.84. The Labute approximate surface area is 121 Å². The van der Waals surface area contributed by atoms with Gasteiger partial charge >= 0.3 is 0 Å². The van der Waals surface area contributed by atoms with Crippen LogP contribution in [-0.4, -0.2) is 29.5 Å². The maximum absolute atomic E-state index is 11.0. The first kappa shape index (κ1) is 16.4. The van der Waals surface area contributed by atoms with Gasteiger partial charge in [0.25, 0.3) is 5.69 Å². The van der Waals surface area contributed by atoms with Crippen molar-refractivity contribution in [3.8, 4) is 0 Å². The summed E-state index contributed by atoms with van der Waals surface area (Å²) in [4.78, 5) is 12.9. The van der Waals surface area contributed by atoms with Crippen molar-refractivity contribution in [3.63, 3.8) is 0 Å². The maximum atomic E-state index is 11.0. The zero-order chi connectivity index (χ0) is 15.1. The predicted molar refractivity (Wildman–Crippen MR) is 83.1 cm³/mol. The van der Waals surface area contributed by atoms with Gasteiger partial charge in [-0.05, 0) is 38.4 Å². The van der Waals surface area contributed by atoms with Crippen LogP contribution in [0.3, 0.4) is 0 Å². The minimum atomic E-state index is -0.341. The van der Waals surface area contributed by atoms with Crippen molar-refractivity contribution in [2.24, 2.45) is 0 Å². The Morgan fingerprint density at radius 2 is 1.95 bits per heavy atom. The molecule has 0 amide bonds. The van der Waals surface area contributed by atoms with E-state index in [1.165, 1.54) is 0 Å². The van der Waals surface area contributed by atoms with E-state index in [2.05, 4.69) is 31.1 Å². The average Bonchev–Trinajstić information content (AvgIpc) is 2.40. The summed E-state index contributed by atoms with van der Waals surface area (Å²) in [6.45, 7) is 7.79. The van der Waals surface area contributed by atoms with Crippen molar-refractivity contribution in [1.82, 2.24) is 4.90 Å². The monoisotopic (exact) mass is 279 g/mol. The number of hydrogen-bond donors (Lipinski definition) is 1. The van der Waals surface area contributed by atoms with E-state index in [9.17, 15) is 10.1 Å². The van der Waals surface area contributed by atoms with Crippen molar-refractivity contribution >= 4 is 11.4 Å². The molecule has 0 saturated heterocycles. The summed E-state index contributed by atoms with van der Waals surface area (Å²) < 4.78 is 0. The molecule has 0 unspecified atom stereocenters. The lowest BCUT2D eigenvalue weighted by Crippen LogP contribution is -2.30. The Morgan fingerprint density at radius 1 is 1.30 bits per heavy atom. The van der Waals surface area contributed by atoms with Crippen LogP contribution in [0.5, 0.6) is 0 Å². The first-order valence-corrected chi connectivity index (χ1v) is 7.24. The second-order valence-electron chi connectivity index (χ2n) is 5.02. The highest BCUT2D eigenvalue weighted by atomic mass is 16.6. The second kappa shape index (κ2) is 7.85. The van der Waals surface area contributed by atoms with E-state index in [-0.39, 0.29) is 10.6 Å². The van der Waals surface area contributed by atoms with Crippen LogP contribution >= 0.6 is 0 Å². The topological polar surface area (TPSA) is 58.4 Å². The number of hydrogen-bond acceptors (Lipinski definition) is 4. The van der Waals surface area contributed by atoms with Crippen molar-refractivity contribution in [1.29, 1.82) is 0 Å². The van der Waals surface area contributed by atoms with Crippen LogP contribution in [0.25, 0.3) is 0 Å². The molecular formula is C15H25N3O2. The lowest BCUT2D eigenvalue weighted by atomic mass is 10.1. The summed E-state index contributed by atoms with van der Waals surface area (Å²) in [6, 6.07) is 5.87. The second-order valence-corrected chi connectivity index (χ2v) is 5.02. The molecule has 5 nitrogen and oxygen atoms in total. The van der Waals surface area contributed by atoms with E-state index in [4.69, 9.17) is 0 Å². The highest BCUT2D eigenvalue weighted by molar-refractivity contribution is 5.62. The van der Waals surface area contributed by atoms with Crippen molar-refractivity contribution in [3.05, 3.63) is 33.9 Å². The molecular weight excluding hydrogens is 254 g/mol. The fraction of sp³-hybridized carbons (Fsp3) is 0.600. The molecule has 112 valence electrons. The normalized spacial score (nSPS) is 11.1. The van der Waals surface area contributed by atoms with Gasteiger partial charge in [0.1, 0.15) is 5.69 Å². The van der Waals surface area contributed by atoms with Gasteiger partial charge in [-0.2, -0.15) is 0 Å². The van der Waals surface area contributed by atoms with Crippen molar-refractivity contribution < 1.29 is 4.92 Å². The molecule has 5 heteroatoms. The minimum absolute atomic E-state index is 0.140. The van der Waals surface area contributed by atoms with Gasteiger partial charge in [-0.3, -0.25) is 15.0 Å². The lowest BCUT2D eigenvalue weighted by molar-refractivity contribution is -0.384. The standard InChI is InChI=1S/C15H25N3O2/c1-5-13(6-2)17(4)11-12-8-9-15(18(19)20)14(10-12)16-7-3/h8-10,13,16H,5-7,11H2,1-4H3. The van der Waals surface area contributed by atoms with Gasteiger partial charge in [0.2, 0.25) is 0 Å². The lowest BCUT2D eigenvalue weighted by Gasteiger charge is -2.26. The molecule has 0 aromatic heterocycles. The molecule has 0 bridgehead atoms. The van der Waals surface area contributed by atoms with Gasteiger partial charge in [-0.25, -0.2) is 0 Å². The van der Waals surface area contributed by atoms with Gasteiger partial charge in [0.15, 0.2) is 0 Å². The van der Waals surface area contributed by atoms with Crippen LogP contribution in [-0.2, 0) is 6.54 Å². The van der Waals surface area contributed by atoms with Gasteiger partial charge in [-0.1, -0.05) is 19.9 Å². The van der Waals surface area contributed by atoms with Crippen molar-refractivity contribution in [2.45, 2.75) is 46.2 Å². The number of anilines is 1. The smallest absolute Gasteiger partial charge is 0.292 e. The van der Waals surface area contributed by atoms with Gasteiger partial charge in [0.05, 0.1) is 4.92 Å². The highest BCUT2D eigenvalue weighted by Gasteiger charge is 2.15. The third-order valence-electron chi connectivity index (χ3n) is 3.62. The third-order valence-corrected chi connectivity index (χ3v) is 3.62. The SMILES string of the molecule is CCNc1cc(CN(C)C(CC)CC)ccc1[N+](=O)[O-]. The molecule has 0 spiro atoms. The summed E-state index contributed by atoms with van der Waals surface area (Å²) in [5.74, 6) is 0. The van der Waals surface area contributed by atoms with Crippen LogP contribution in [0.2, 0.25) is 0 Å². The molecule has 1 aromatic rings. The predicted octanol–water partition coefficient (Wildman–Crippen LogP) is 3.65. The van der Waals surface area contributed by atoms with Crippen LogP contribution < -0.4 is 5.32 Å². The maximum Gasteiger partial charge on any atom is 0.292 e. The molecule has 0 fully saturated rings. The van der Waals surface area contributed by atoms with Gasteiger partial charge < -0.3 is 5.32 Å². The fourth-order valence-electron chi connectivity index (χ4n) is 2.50. The fourth-order valence-corrected chi connectivity index (χ4v) is 2.50. The van der Waals surface area contributed by atoms with E-state index >= 15 is 0 Å². The average molecular weight is 279 g/mol. The first-order valence-electron chi connectivity index (χ1n) is 7.24. The summed E-state index contributed by atoms with van der Waals surface area (Å²) >= 11 is 0. The molecule has 20 heavy (non-hydrogen) atoms. The molecule has 0 saturated carbocycles. The minimum Gasteiger partial charge on any atom is -0.380 e. The van der Waals surface area contributed by atoms with E-state index in [0.717, 1.165) is 24.9 Å². The number of rotatable bonds is 8. The van der Waals surface area contributed by atoms with Crippen LogP contribution in [0.4, 0.5) is 11.4 Å². The number of nitrogens with one attached hydrogen (secondary N) is 1. The number of nitrogens with zero attached hydrogens (tertiary/aromatic N) is 2. The number of nitro benzene ring substituents is 1. The molecule has 1 N–H and O–H groups in total. The van der Waals surface area contributed by atoms with E-state index in [1.807, 2.05) is 19.1 Å². The van der Waals surface area contributed by atoms with Gasteiger partial charge in [0, 0.05) is 25.2 Å². The molecule has 1 aromatic carbocycles.